The molecule has 1 fully saturated rings. The van der Waals surface area contributed by atoms with Crippen LogP contribution in [0.3, 0.4) is 0 Å². The highest BCUT2D eigenvalue weighted by molar-refractivity contribution is 7.89. The van der Waals surface area contributed by atoms with Gasteiger partial charge in [0.15, 0.2) is 0 Å². The molecule has 7 heteroatoms. The lowest BCUT2D eigenvalue weighted by atomic mass is 10.1. The van der Waals surface area contributed by atoms with E-state index in [-0.39, 0.29) is 11.9 Å². The van der Waals surface area contributed by atoms with Gasteiger partial charge in [0, 0.05) is 32.7 Å². The van der Waals surface area contributed by atoms with Crippen molar-refractivity contribution in [2.45, 2.75) is 45.2 Å². The smallest absolute Gasteiger partial charge is 0.243 e. The zero-order valence-corrected chi connectivity index (χ0v) is 19.0. The van der Waals surface area contributed by atoms with Crippen LogP contribution in [0.15, 0.2) is 47.4 Å². The molecule has 30 heavy (non-hydrogen) atoms. The Morgan fingerprint density at radius 3 is 2.20 bits per heavy atom. The molecular weight excluding hydrogens is 398 g/mol. The highest BCUT2D eigenvalue weighted by Gasteiger charge is 2.32. The summed E-state index contributed by atoms with van der Waals surface area (Å²) >= 11 is 0. The van der Waals surface area contributed by atoms with Gasteiger partial charge in [-0.25, -0.2) is 8.42 Å². The van der Waals surface area contributed by atoms with Crippen molar-refractivity contribution in [2.75, 3.05) is 26.2 Å². The van der Waals surface area contributed by atoms with E-state index in [1.807, 2.05) is 69.0 Å². The molecule has 0 spiro atoms. The highest BCUT2D eigenvalue weighted by Crippen LogP contribution is 2.23. The molecule has 1 aliphatic rings. The fourth-order valence-corrected chi connectivity index (χ4v) is 5.40. The van der Waals surface area contributed by atoms with Crippen molar-refractivity contribution in [3.8, 4) is 0 Å². The van der Waals surface area contributed by atoms with Gasteiger partial charge in [0.2, 0.25) is 15.9 Å². The summed E-state index contributed by atoms with van der Waals surface area (Å²) in [5.74, 6) is -0.0404. The molecule has 2 aromatic carbocycles. The standard InChI is InChI=1S/C23H31N3O3S/c1-17-6-9-21(10-7-17)16-24-23(27)20(4)25-11-13-26(14-12-25)30(28,29)22-15-18(2)5-8-19(22)3/h5-10,15,20H,11-14,16H2,1-4H3,(H,24,27)/t20-/m0/s1. The van der Waals surface area contributed by atoms with Crippen LogP contribution in [-0.2, 0) is 21.4 Å². The monoisotopic (exact) mass is 429 g/mol. The van der Waals surface area contributed by atoms with E-state index >= 15 is 0 Å². The molecule has 1 amide bonds. The third-order valence-corrected chi connectivity index (χ3v) is 7.79. The summed E-state index contributed by atoms with van der Waals surface area (Å²) in [5, 5.41) is 2.98. The van der Waals surface area contributed by atoms with Crippen molar-refractivity contribution >= 4 is 15.9 Å². The Kier molecular flexibility index (Phi) is 6.95. The normalized spacial score (nSPS) is 16.9. The minimum Gasteiger partial charge on any atom is -0.351 e. The van der Waals surface area contributed by atoms with Crippen LogP contribution in [0.25, 0.3) is 0 Å². The van der Waals surface area contributed by atoms with Crippen molar-refractivity contribution in [3.05, 3.63) is 64.7 Å². The van der Waals surface area contributed by atoms with Crippen LogP contribution in [0.5, 0.6) is 0 Å². The van der Waals surface area contributed by atoms with Crippen LogP contribution in [0.2, 0.25) is 0 Å². The first kappa shape index (κ1) is 22.5. The molecule has 1 saturated heterocycles. The van der Waals surface area contributed by atoms with Crippen LogP contribution in [0.1, 0.15) is 29.2 Å². The number of nitrogens with one attached hydrogen (secondary N) is 1. The predicted octanol–water partition coefficient (Wildman–Crippen LogP) is 2.62. The van der Waals surface area contributed by atoms with Crippen LogP contribution < -0.4 is 5.32 Å². The van der Waals surface area contributed by atoms with Gasteiger partial charge in [-0.15, -0.1) is 0 Å². The number of rotatable bonds is 6. The van der Waals surface area contributed by atoms with Gasteiger partial charge in [0.1, 0.15) is 0 Å². The number of piperazine rings is 1. The molecule has 0 radical (unpaired) electrons. The fourth-order valence-electron chi connectivity index (χ4n) is 3.66. The minimum atomic E-state index is -3.53. The summed E-state index contributed by atoms with van der Waals surface area (Å²) < 4.78 is 27.7. The first-order valence-corrected chi connectivity index (χ1v) is 11.8. The summed E-state index contributed by atoms with van der Waals surface area (Å²) in [6.07, 6.45) is 0. The van der Waals surface area contributed by atoms with E-state index in [1.165, 1.54) is 9.87 Å². The molecule has 0 saturated carbocycles. The van der Waals surface area contributed by atoms with Crippen molar-refractivity contribution < 1.29 is 13.2 Å². The minimum absolute atomic E-state index is 0.0404. The van der Waals surface area contributed by atoms with Crippen molar-refractivity contribution in [3.63, 3.8) is 0 Å². The molecule has 6 nitrogen and oxygen atoms in total. The molecule has 0 aliphatic carbocycles. The van der Waals surface area contributed by atoms with Gasteiger partial charge in [-0.2, -0.15) is 4.31 Å². The number of sulfonamides is 1. The SMILES string of the molecule is Cc1ccc(CNC(=O)[C@H](C)N2CCN(S(=O)(=O)c3cc(C)ccc3C)CC2)cc1. The van der Waals surface area contributed by atoms with E-state index in [2.05, 4.69) is 5.32 Å². The Bertz CT molecular complexity index is 995. The summed E-state index contributed by atoms with van der Waals surface area (Å²) in [5.41, 5.74) is 3.93. The third kappa shape index (κ3) is 5.09. The van der Waals surface area contributed by atoms with Gasteiger partial charge in [-0.05, 0) is 50.5 Å². The second-order valence-corrected chi connectivity index (χ2v) is 9.99. The lowest BCUT2D eigenvalue weighted by molar-refractivity contribution is -0.126. The van der Waals surface area contributed by atoms with E-state index in [4.69, 9.17) is 0 Å². The van der Waals surface area contributed by atoms with Crippen LogP contribution in [0, 0.1) is 20.8 Å². The number of hydrogen-bond donors (Lipinski definition) is 1. The molecule has 1 heterocycles. The predicted molar refractivity (Wildman–Crippen MR) is 119 cm³/mol. The second kappa shape index (κ2) is 9.29. The van der Waals surface area contributed by atoms with Gasteiger partial charge in [-0.1, -0.05) is 42.0 Å². The first-order chi connectivity index (χ1) is 14.2. The Balaban J connectivity index is 1.57. The van der Waals surface area contributed by atoms with Crippen LogP contribution in [0.4, 0.5) is 0 Å². The van der Waals surface area contributed by atoms with Gasteiger partial charge in [0.05, 0.1) is 10.9 Å². The number of carbonyl (C=O) groups excluding carboxylic acids is 1. The molecule has 2 aromatic rings. The number of carbonyl (C=O) groups is 1. The molecule has 0 aromatic heterocycles. The summed E-state index contributed by atoms with van der Waals surface area (Å²) in [4.78, 5) is 15.0. The lowest BCUT2D eigenvalue weighted by Crippen LogP contribution is -2.54. The maximum absolute atomic E-state index is 13.1. The largest absolute Gasteiger partial charge is 0.351 e. The fraction of sp³-hybridized carbons (Fsp3) is 0.435. The molecule has 0 unspecified atom stereocenters. The number of nitrogens with zero attached hydrogens (tertiary/aromatic N) is 2. The number of hydrogen-bond acceptors (Lipinski definition) is 4. The summed E-state index contributed by atoms with van der Waals surface area (Å²) in [7, 11) is -3.53. The summed E-state index contributed by atoms with van der Waals surface area (Å²) in [6, 6.07) is 13.3. The van der Waals surface area contributed by atoms with E-state index in [9.17, 15) is 13.2 Å². The number of benzene rings is 2. The third-order valence-electron chi connectivity index (χ3n) is 5.75. The van der Waals surface area contributed by atoms with Gasteiger partial charge in [-0.3, -0.25) is 9.69 Å². The Morgan fingerprint density at radius 2 is 1.57 bits per heavy atom. The molecule has 3 rings (SSSR count). The Labute approximate surface area is 179 Å². The zero-order valence-electron chi connectivity index (χ0n) is 18.2. The van der Waals surface area contributed by atoms with Crippen LogP contribution in [-0.4, -0.2) is 55.8 Å². The molecule has 1 aliphatic heterocycles. The molecule has 0 bridgehead atoms. The maximum Gasteiger partial charge on any atom is 0.243 e. The topological polar surface area (TPSA) is 69.7 Å². The van der Waals surface area contributed by atoms with Gasteiger partial charge >= 0.3 is 0 Å². The van der Waals surface area contributed by atoms with Gasteiger partial charge in [0.25, 0.3) is 0 Å². The second-order valence-electron chi connectivity index (χ2n) is 8.09. The quantitative estimate of drug-likeness (QED) is 0.766. The molecule has 1 atom stereocenters. The molecule has 1 N–H and O–H groups in total. The average Bonchev–Trinajstić information content (AvgIpc) is 2.74. The van der Waals surface area contributed by atoms with E-state index in [1.54, 1.807) is 6.07 Å². The number of aryl methyl sites for hydroxylation is 3. The Hall–Kier alpha value is -2.22. The maximum atomic E-state index is 13.1. The van der Waals surface area contributed by atoms with Crippen molar-refractivity contribution in [1.29, 1.82) is 0 Å². The number of amides is 1. The highest BCUT2D eigenvalue weighted by atomic mass is 32.2. The van der Waals surface area contributed by atoms with Crippen molar-refractivity contribution in [1.82, 2.24) is 14.5 Å². The van der Waals surface area contributed by atoms with E-state index in [0.717, 1.165) is 16.7 Å². The molecule has 162 valence electrons. The average molecular weight is 430 g/mol. The Morgan fingerprint density at radius 1 is 0.967 bits per heavy atom. The van der Waals surface area contributed by atoms with Crippen molar-refractivity contribution in [2.24, 2.45) is 0 Å². The molecular formula is C23H31N3O3S. The lowest BCUT2D eigenvalue weighted by Gasteiger charge is -2.37. The van der Waals surface area contributed by atoms with E-state index in [0.29, 0.717) is 37.6 Å². The van der Waals surface area contributed by atoms with E-state index < -0.39 is 10.0 Å². The summed E-state index contributed by atoms with van der Waals surface area (Å²) in [6.45, 7) is 9.94. The van der Waals surface area contributed by atoms with Crippen LogP contribution >= 0.6 is 0 Å². The zero-order chi connectivity index (χ0) is 21.9. The van der Waals surface area contributed by atoms with Gasteiger partial charge < -0.3 is 5.32 Å². The first-order valence-electron chi connectivity index (χ1n) is 10.3.